The van der Waals surface area contributed by atoms with Crippen LogP contribution in [0.5, 0.6) is 0 Å². The molecule has 0 saturated carbocycles. The quantitative estimate of drug-likeness (QED) is 0.659. The van der Waals surface area contributed by atoms with Crippen LogP contribution in [0.1, 0.15) is 21.1 Å². The van der Waals surface area contributed by atoms with Gasteiger partial charge in [-0.05, 0) is 38.0 Å². The van der Waals surface area contributed by atoms with Crippen molar-refractivity contribution in [2.75, 3.05) is 0 Å². The first-order valence-electron chi connectivity index (χ1n) is 6.32. The largest absolute Gasteiger partial charge is 0.271 e. The summed E-state index contributed by atoms with van der Waals surface area (Å²) in [5.74, 6) is 3.87. The highest BCUT2D eigenvalue weighted by Gasteiger charge is 2.13. The fourth-order valence-corrected chi connectivity index (χ4v) is 2.99. The average molecular weight is 297 g/mol. The number of hydrogen-bond acceptors (Lipinski definition) is 4. The van der Waals surface area contributed by atoms with Crippen LogP contribution < -0.4 is 11.3 Å². The van der Waals surface area contributed by atoms with Gasteiger partial charge in [-0.15, -0.1) is 11.3 Å². The molecule has 0 aliphatic rings. The van der Waals surface area contributed by atoms with Gasteiger partial charge in [0.1, 0.15) is 0 Å². The molecule has 0 saturated heterocycles. The highest BCUT2D eigenvalue weighted by Crippen LogP contribution is 2.19. The van der Waals surface area contributed by atoms with Crippen molar-refractivity contribution in [1.29, 1.82) is 0 Å². The molecular formula is C14H17F2N3S. The number of thiazole rings is 1. The Labute approximate surface area is 120 Å². The highest BCUT2D eigenvalue weighted by molar-refractivity contribution is 7.11. The Hall–Kier alpha value is -1.37. The van der Waals surface area contributed by atoms with Crippen LogP contribution in [0.3, 0.4) is 0 Å². The van der Waals surface area contributed by atoms with E-state index in [1.54, 1.807) is 17.4 Å². The molecule has 108 valence electrons. The van der Waals surface area contributed by atoms with Crippen molar-refractivity contribution >= 4 is 11.3 Å². The fraction of sp³-hybridized carbons (Fsp3) is 0.357. The zero-order valence-electron chi connectivity index (χ0n) is 11.4. The van der Waals surface area contributed by atoms with E-state index in [4.69, 9.17) is 5.84 Å². The van der Waals surface area contributed by atoms with Crippen molar-refractivity contribution in [3.8, 4) is 0 Å². The first kappa shape index (κ1) is 15.0. The summed E-state index contributed by atoms with van der Waals surface area (Å²) in [5, 5.41) is 0.991. The topological polar surface area (TPSA) is 50.9 Å². The SMILES string of the molecule is Cc1nc(CC(Cc2ccc(F)c(F)c2)NN)sc1C. The van der Waals surface area contributed by atoms with Crippen LogP contribution in [0.2, 0.25) is 0 Å². The molecule has 0 bridgehead atoms. The van der Waals surface area contributed by atoms with E-state index in [9.17, 15) is 8.78 Å². The maximum atomic E-state index is 13.2. The van der Waals surface area contributed by atoms with Gasteiger partial charge in [0, 0.05) is 17.3 Å². The molecule has 1 unspecified atom stereocenters. The lowest BCUT2D eigenvalue weighted by Crippen LogP contribution is -2.38. The third kappa shape index (κ3) is 3.59. The third-order valence-electron chi connectivity index (χ3n) is 3.20. The lowest BCUT2D eigenvalue weighted by atomic mass is 10.0. The Bertz CT molecular complexity index is 579. The van der Waals surface area contributed by atoms with Crippen LogP contribution in [0.25, 0.3) is 0 Å². The van der Waals surface area contributed by atoms with Gasteiger partial charge in [0.05, 0.1) is 10.7 Å². The number of aromatic nitrogens is 1. The monoisotopic (exact) mass is 297 g/mol. The lowest BCUT2D eigenvalue weighted by Gasteiger charge is -2.14. The summed E-state index contributed by atoms with van der Waals surface area (Å²) >= 11 is 1.63. The van der Waals surface area contributed by atoms with E-state index >= 15 is 0 Å². The van der Waals surface area contributed by atoms with Gasteiger partial charge in [-0.2, -0.15) is 0 Å². The second-order valence-corrected chi connectivity index (χ2v) is 6.06. The molecule has 3 nitrogen and oxygen atoms in total. The van der Waals surface area contributed by atoms with E-state index < -0.39 is 11.6 Å². The standard InChI is InChI=1S/C14H17F2N3S/c1-8-9(2)20-14(18-8)7-11(19-17)5-10-3-4-12(15)13(16)6-10/h3-4,6,11,19H,5,7,17H2,1-2H3. The van der Waals surface area contributed by atoms with Gasteiger partial charge in [-0.3, -0.25) is 11.3 Å². The van der Waals surface area contributed by atoms with E-state index in [-0.39, 0.29) is 6.04 Å². The maximum Gasteiger partial charge on any atom is 0.159 e. The van der Waals surface area contributed by atoms with Gasteiger partial charge in [-0.25, -0.2) is 13.8 Å². The second-order valence-electron chi connectivity index (χ2n) is 4.77. The van der Waals surface area contributed by atoms with Crippen molar-refractivity contribution in [3.05, 3.63) is 51.0 Å². The first-order chi connectivity index (χ1) is 9.49. The molecular weight excluding hydrogens is 280 g/mol. The molecule has 20 heavy (non-hydrogen) atoms. The van der Waals surface area contributed by atoms with Gasteiger partial charge in [0.15, 0.2) is 11.6 Å². The average Bonchev–Trinajstić information content (AvgIpc) is 2.72. The minimum atomic E-state index is -0.836. The maximum absolute atomic E-state index is 13.2. The molecule has 0 amide bonds. The van der Waals surface area contributed by atoms with Gasteiger partial charge in [-0.1, -0.05) is 6.07 Å². The number of rotatable bonds is 5. The van der Waals surface area contributed by atoms with Crippen molar-refractivity contribution < 1.29 is 8.78 Å². The molecule has 0 spiro atoms. The van der Waals surface area contributed by atoms with E-state index in [2.05, 4.69) is 10.4 Å². The lowest BCUT2D eigenvalue weighted by molar-refractivity contribution is 0.498. The highest BCUT2D eigenvalue weighted by atomic mass is 32.1. The summed E-state index contributed by atoms with van der Waals surface area (Å²) in [6.07, 6.45) is 1.18. The molecule has 0 fully saturated rings. The third-order valence-corrected chi connectivity index (χ3v) is 4.29. The van der Waals surface area contributed by atoms with Crippen LogP contribution in [0, 0.1) is 25.5 Å². The Balaban J connectivity index is 2.06. The Morgan fingerprint density at radius 3 is 2.55 bits per heavy atom. The number of hydrazine groups is 1. The van der Waals surface area contributed by atoms with Crippen molar-refractivity contribution in [3.63, 3.8) is 0 Å². The van der Waals surface area contributed by atoms with Gasteiger partial charge in [0.25, 0.3) is 0 Å². The molecule has 1 aromatic carbocycles. The van der Waals surface area contributed by atoms with Crippen molar-refractivity contribution in [2.24, 2.45) is 5.84 Å². The number of nitrogens with zero attached hydrogens (tertiary/aromatic N) is 1. The number of nitrogens with two attached hydrogens (primary N) is 1. The molecule has 6 heteroatoms. The van der Waals surface area contributed by atoms with Gasteiger partial charge >= 0.3 is 0 Å². The van der Waals surface area contributed by atoms with E-state index in [0.29, 0.717) is 18.4 Å². The van der Waals surface area contributed by atoms with Crippen LogP contribution in [0.4, 0.5) is 8.78 Å². The number of hydrogen-bond donors (Lipinski definition) is 2. The van der Waals surface area contributed by atoms with Crippen LogP contribution in [0.15, 0.2) is 18.2 Å². The number of aryl methyl sites for hydroxylation is 2. The molecule has 1 aromatic heterocycles. The molecule has 2 rings (SSSR count). The van der Waals surface area contributed by atoms with Crippen LogP contribution >= 0.6 is 11.3 Å². The molecule has 0 aliphatic carbocycles. The normalized spacial score (nSPS) is 12.7. The van der Waals surface area contributed by atoms with Crippen LogP contribution in [-0.2, 0) is 12.8 Å². The number of halogens is 2. The zero-order chi connectivity index (χ0) is 14.7. The zero-order valence-corrected chi connectivity index (χ0v) is 12.2. The molecule has 2 aromatic rings. The smallest absolute Gasteiger partial charge is 0.159 e. The molecule has 0 radical (unpaired) electrons. The van der Waals surface area contributed by atoms with E-state index in [1.807, 2.05) is 13.8 Å². The fourth-order valence-electron chi connectivity index (χ4n) is 1.98. The summed E-state index contributed by atoms with van der Waals surface area (Å²) in [4.78, 5) is 5.64. The summed E-state index contributed by atoms with van der Waals surface area (Å²) in [5.41, 5.74) is 4.44. The van der Waals surface area contributed by atoms with Crippen LogP contribution in [-0.4, -0.2) is 11.0 Å². The summed E-state index contributed by atoms with van der Waals surface area (Å²) in [6.45, 7) is 3.99. The Kier molecular flexibility index (Phi) is 4.80. The predicted molar refractivity (Wildman–Crippen MR) is 76.5 cm³/mol. The van der Waals surface area contributed by atoms with E-state index in [1.165, 1.54) is 10.9 Å². The minimum Gasteiger partial charge on any atom is -0.271 e. The predicted octanol–water partition coefficient (Wildman–Crippen LogP) is 2.66. The molecule has 1 atom stereocenters. The van der Waals surface area contributed by atoms with Gasteiger partial charge < -0.3 is 0 Å². The second kappa shape index (κ2) is 6.39. The van der Waals surface area contributed by atoms with Crippen molar-refractivity contribution in [1.82, 2.24) is 10.4 Å². The summed E-state index contributed by atoms with van der Waals surface area (Å²) < 4.78 is 26.1. The Morgan fingerprint density at radius 1 is 1.25 bits per heavy atom. The molecule has 1 heterocycles. The summed E-state index contributed by atoms with van der Waals surface area (Å²) in [7, 11) is 0. The van der Waals surface area contributed by atoms with Gasteiger partial charge in [0.2, 0.25) is 0 Å². The molecule has 0 aliphatic heterocycles. The van der Waals surface area contributed by atoms with Crippen molar-refractivity contribution in [2.45, 2.75) is 32.7 Å². The summed E-state index contributed by atoms with van der Waals surface area (Å²) in [6, 6.07) is 3.85. The molecule has 3 N–H and O–H groups in total. The van der Waals surface area contributed by atoms with E-state index in [0.717, 1.165) is 16.8 Å². The Morgan fingerprint density at radius 2 is 2.00 bits per heavy atom. The minimum absolute atomic E-state index is 0.0650. The number of benzene rings is 1. The number of nitrogens with one attached hydrogen (secondary N) is 1. The first-order valence-corrected chi connectivity index (χ1v) is 7.14.